The molecule has 0 bridgehead atoms. The van der Waals surface area contributed by atoms with E-state index in [1.54, 1.807) is 0 Å². The molecule has 0 nitrogen and oxygen atoms in total. The first-order chi connectivity index (χ1) is 2.83. The molecule has 0 fully saturated rings. The van der Waals surface area contributed by atoms with Crippen molar-refractivity contribution in [2.45, 2.75) is 11.0 Å². The van der Waals surface area contributed by atoms with Crippen LogP contribution >= 0.6 is 23.2 Å². The average Bonchev–Trinajstić information content (AvgIpc) is 1.39. The molecule has 0 N–H and O–H groups in total. The van der Waals surface area contributed by atoms with Gasteiger partial charge in [0, 0.05) is 0 Å². The Bertz CT molecular complexity index is 10.8. The molecular weight excluding hydrogens is 172 g/mol. The molecule has 36 valence electrons. The van der Waals surface area contributed by atoms with Gasteiger partial charge in [-0.25, -0.2) is 0 Å². The molecule has 0 saturated heterocycles. The predicted molar refractivity (Wildman–Crippen MR) is 28.3 cm³/mol. The van der Waals surface area contributed by atoms with E-state index in [0.29, 0.717) is 0 Å². The molecule has 0 aliphatic rings. The van der Waals surface area contributed by atoms with Crippen molar-refractivity contribution in [1.29, 1.82) is 0 Å². The van der Waals surface area contributed by atoms with Crippen molar-refractivity contribution in [1.82, 2.24) is 0 Å². The molecule has 0 aromatic rings. The Morgan fingerprint density at radius 2 is 1.33 bits per heavy atom. The summed E-state index contributed by atoms with van der Waals surface area (Å²) in [5, 5.41) is 0.194. The normalized spacial score (nSPS) is 4.67. The zero-order valence-electron chi connectivity index (χ0n) is 4.17. The number of alkyl halides is 2. The first-order valence-corrected chi connectivity index (χ1v) is 8.95. The van der Waals surface area contributed by atoms with E-state index in [9.17, 15) is 0 Å². The number of hydrogen-bond donors (Lipinski definition) is 0. The van der Waals surface area contributed by atoms with Crippen LogP contribution in [0.3, 0.4) is 0 Å². The molecule has 0 amide bonds. The molecule has 0 radical (unpaired) electrons. The second-order valence-electron chi connectivity index (χ2n) is 0.808. The first kappa shape index (κ1) is 10.2. The summed E-state index contributed by atoms with van der Waals surface area (Å²) in [6, 6.07) is 0. The van der Waals surface area contributed by atoms with E-state index in [4.69, 9.17) is 23.2 Å². The van der Waals surface area contributed by atoms with Gasteiger partial charge in [-0.1, -0.05) is 0 Å². The Balaban J connectivity index is 0. The van der Waals surface area contributed by atoms with Gasteiger partial charge in [0.1, 0.15) is 0 Å². The summed E-state index contributed by atoms with van der Waals surface area (Å²) in [6.07, 6.45) is 0. The van der Waals surface area contributed by atoms with Crippen LogP contribution in [-0.2, 0) is 17.1 Å². The minimum absolute atomic E-state index is 0.125. The van der Waals surface area contributed by atoms with Crippen LogP contribution in [-0.4, -0.2) is 5.34 Å². The second-order valence-corrected chi connectivity index (χ2v) is 4.58. The molecule has 0 saturated carbocycles. The first-order valence-electron chi connectivity index (χ1n) is 1.95. The van der Waals surface area contributed by atoms with Gasteiger partial charge in [0.05, 0.1) is 5.34 Å². The van der Waals surface area contributed by atoms with Gasteiger partial charge in [0.2, 0.25) is 0 Å². The number of halogens is 2. The summed E-state index contributed by atoms with van der Waals surface area (Å²) in [7, 11) is 0. The van der Waals surface area contributed by atoms with E-state index in [1.165, 1.54) is 0 Å². The number of hydrogen-bond acceptors (Lipinski definition) is 0. The average molecular weight is 180 g/mol. The third kappa shape index (κ3) is 63.5. The van der Waals surface area contributed by atoms with Gasteiger partial charge in [0.15, 0.2) is 0 Å². The van der Waals surface area contributed by atoms with Crippen molar-refractivity contribution in [3.8, 4) is 0 Å². The van der Waals surface area contributed by atoms with Crippen LogP contribution in [0.15, 0.2) is 0 Å². The summed E-state index contributed by atoms with van der Waals surface area (Å²) < 4.78 is 0. The van der Waals surface area contributed by atoms with E-state index in [1.807, 2.05) is 0 Å². The van der Waals surface area contributed by atoms with Crippen LogP contribution in [0.1, 0.15) is 0 Å². The van der Waals surface area contributed by atoms with E-state index in [-0.39, 0.29) is 22.5 Å². The molecule has 0 spiro atoms. The molecular formula is C3H8Cl2Zn. The SMILES string of the molecule is ClCCl.[CH3][Zn][CH3]. The predicted octanol–water partition coefficient (Wildman–Crippen LogP) is 2.59. The Hall–Kier alpha value is 1.20. The molecule has 0 heterocycles. The van der Waals surface area contributed by atoms with Gasteiger partial charge in [-0.2, -0.15) is 0 Å². The summed E-state index contributed by atoms with van der Waals surface area (Å²) >= 11 is 9.65. The fourth-order valence-electron chi connectivity index (χ4n) is 0. The van der Waals surface area contributed by atoms with Crippen LogP contribution in [0.5, 0.6) is 0 Å². The molecule has 0 aliphatic heterocycles. The van der Waals surface area contributed by atoms with Gasteiger partial charge in [-0.05, 0) is 0 Å². The number of rotatable bonds is 0. The molecule has 6 heavy (non-hydrogen) atoms. The van der Waals surface area contributed by atoms with E-state index >= 15 is 0 Å². The minimum atomic E-state index is 0.125. The van der Waals surface area contributed by atoms with Crippen molar-refractivity contribution in [2.75, 3.05) is 5.34 Å². The monoisotopic (exact) mass is 178 g/mol. The molecule has 0 rings (SSSR count). The summed E-state index contributed by atoms with van der Waals surface area (Å²) in [5.41, 5.74) is 4.62. The molecule has 0 aromatic carbocycles. The summed E-state index contributed by atoms with van der Waals surface area (Å²) in [4.78, 5) is 0. The topological polar surface area (TPSA) is 0 Å². The summed E-state index contributed by atoms with van der Waals surface area (Å²) in [5.74, 6) is 0. The van der Waals surface area contributed by atoms with Gasteiger partial charge < -0.3 is 0 Å². The van der Waals surface area contributed by atoms with Gasteiger partial charge in [-0.3, -0.25) is 0 Å². The van der Waals surface area contributed by atoms with Crippen molar-refractivity contribution >= 4 is 23.2 Å². The molecule has 0 atom stereocenters. The van der Waals surface area contributed by atoms with Crippen molar-refractivity contribution < 1.29 is 17.1 Å². The van der Waals surface area contributed by atoms with E-state index in [2.05, 4.69) is 11.0 Å². The van der Waals surface area contributed by atoms with Gasteiger partial charge in [-0.15, -0.1) is 23.2 Å². The fourth-order valence-corrected chi connectivity index (χ4v) is 0. The van der Waals surface area contributed by atoms with Gasteiger partial charge >= 0.3 is 28.2 Å². The van der Waals surface area contributed by atoms with Gasteiger partial charge in [0.25, 0.3) is 0 Å². The molecule has 0 unspecified atom stereocenters. The Kier molecular flexibility index (Phi) is 27.9. The van der Waals surface area contributed by atoms with Crippen molar-refractivity contribution in [3.05, 3.63) is 0 Å². The van der Waals surface area contributed by atoms with Crippen LogP contribution in [0.2, 0.25) is 11.0 Å². The quantitative estimate of drug-likeness (QED) is 0.397. The molecule has 0 aliphatic carbocycles. The fraction of sp³-hybridized carbons (Fsp3) is 1.00. The molecule has 0 aromatic heterocycles. The standard InChI is InChI=1S/CH2Cl2.2CH3.Zn/c2-1-3;;;/h1H2;2*1H3;. The summed E-state index contributed by atoms with van der Waals surface area (Å²) in [6.45, 7) is 0. The van der Waals surface area contributed by atoms with E-state index < -0.39 is 0 Å². The maximum absolute atomic E-state index is 4.76. The Morgan fingerprint density at radius 1 is 1.33 bits per heavy atom. The zero-order valence-corrected chi connectivity index (χ0v) is 8.65. The maximum atomic E-state index is 4.76. The van der Waals surface area contributed by atoms with Crippen LogP contribution in [0, 0.1) is 0 Å². The van der Waals surface area contributed by atoms with Crippen LogP contribution in [0.25, 0.3) is 0 Å². The Labute approximate surface area is 56.8 Å². The zero-order chi connectivity index (χ0) is 5.41. The Morgan fingerprint density at radius 3 is 1.33 bits per heavy atom. The molecule has 3 heteroatoms. The van der Waals surface area contributed by atoms with Crippen LogP contribution in [0.4, 0.5) is 0 Å². The third-order valence-corrected chi connectivity index (χ3v) is 0. The van der Waals surface area contributed by atoms with Crippen LogP contribution < -0.4 is 0 Å². The van der Waals surface area contributed by atoms with E-state index in [0.717, 1.165) is 0 Å². The van der Waals surface area contributed by atoms with Crippen molar-refractivity contribution in [2.24, 2.45) is 0 Å². The third-order valence-electron chi connectivity index (χ3n) is 0. The second kappa shape index (κ2) is 16.4. The van der Waals surface area contributed by atoms with Crippen molar-refractivity contribution in [3.63, 3.8) is 0 Å².